The molecule has 0 saturated heterocycles. The minimum atomic E-state index is -0.167. The molecule has 0 unspecified atom stereocenters. The van der Waals surface area contributed by atoms with E-state index in [9.17, 15) is 4.79 Å². The highest BCUT2D eigenvalue weighted by molar-refractivity contribution is 7.08. The molecular weight excluding hydrogens is 360 g/mol. The molecule has 0 aliphatic heterocycles. The number of carbonyl (C=O) groups excluding carboxylic acids is 1. The van der Waals surface area contributed by atoms with E-state index < -0.39 is 0 Å². The molecule has 0 aliphatic rings. The van der Waals surface area contributed by atoms with Gasteiger partial charge in [0.25, 0.3) is 5.91 Å². The summed E-state index contributed by atoms with van der Waals surface area (Å²) in [6, 6.07) is 9.31. The van der Waals surface area contributed by atoms with Crippen LogP contribution in [0.15, 0.2) is 53.5 Å². The Morgan fingerprint density at radius 2 is 1.85 bits per heavy atom. The number of nitrogens with zero attached hydrogens (tertiary/aromatic N) is 1. The molecule has 1 N–H and O–H groups in total. The van der Waals surface area contributed by atoms with Gasteiger partial charge in [-0.25, -0.2) is 0 Å². The van der Waals surface area contributed by atoms with E-state index in [0.717, 1.165) is 16.7 Å². The Kier molecular flexibility index (Phi) is 6.44. The number of pyridine rings is 1. The number of rotatable bonds is 8. The molecule has 1 amide bonds. The third kappa shape index (κ3) is 4.86. The molecular formula is C21H22N2O3S. The maximum atomic E-state index is 12.5. The first-order valence-electron chi connectivity index (χ1n) is 8.85. The number of ether oxygens (including phenoxy) is 2. The third-order valence-corrected chi connectivity index (χ3v) is 4.59. The van der Waals surface area contributed by atoms with Crippen LogP contribution in [0.25, 0.3) is 11.1 Å². The number of hydrogen-bond acceptors (Lipinski definition) is 5. The summed E-state index contributed by atoms with van der Waals surface area (Å²) in [5.74, 6) is 1.05. The Labute approximate surface area is 163 Å². The molecule has 0 saturated carbocycles. The molecule has 3 aromatic rings. The summed E-state index contributed by atoms with van der Waals surface area (Å²) in [6.45, 7) is 5.26. The average molecular weight is 382 g/mol. The molecule has 0 atom stereocenters. The van der Waals surface area contributed by atoms with Crippen molar-refractivity contribution >= 4 is 17.2 Å². The summed E-state index contributed by atoms with van der Waals surface area (Å²) < 4.78 is 11.1. The van der Waals surface area contributed by atoms with E-state index in [1.165, 1.54) is 0 Å². The van der Waals surface area contributed by atoms with Gasteiger partial charge in [0, 0.05) is 30.1 Å². The number of nitrogens with one attached hydrogen (secondary N) is 1. The van der Waals surface area contributed by atoms with Crippen LogP contribution in [-0.4, -0.2) is 24.1 Å². The Morgan fingerprint density at radius 1 is 1.04 bits per heavy atom. The molecule has 0 radical (unpaired) electrons. The van der Waals surface area contributed by atoms with E-state index in [-0.39, 0.29) is 5.91 Å². The van der Waals surface area contributed by atoms with Gasteiger partial charge < -0.3 is 14.8 Å². The lowest BCUT2D eigenvalue weighted by atomic mass is 10.1. The zero-order chi connectivity index (χ0) is 19.1. The Morgan fingerprint density at radius 3 is 2.59 bits per heavy atom. The van der Waals surface area contributed by atoms with Crippen molar-refractivity contribution in [3.05, 3.63) is 64.6 Å². The van der Waals surface area contributed by atoms with Crippen LogP contribution in [0, 0.1) is 0 Å². The fourth-order valence-electron chi connectivity index (χ4n) is 2.65. The van der Waals surface area contributed by atoms with E-state index in [1.54, 1.807) is 35.7 Å². The van der Waals surface area contributed by atoms with Crippen molar-refractivity contribution in [2.75, 3.05) is 13.2 Å². The zero-order valence-electron chi connectivity index (χ0n) is 15.4. The molecule has 27 heavy (non-hydrogen) atoms. The molecule has 3 rings (SSSR count). The van der Waals surface area contributed by atoms with E-state index in [2.05, 4.69) is 21.7 Å². The van der Waals surface area contributed by atoms with Gasteiger partial charge in [0.1, 0.15) is 0 Å². The van der Waals surface area contributed by atoms with Crippen LogP contribution >= 0.6 is 11.3 Å². The lowest BCUT2D eigenvalue weighted by Crippen LogP contribution is -2.23. The predicted octanol–water partition coefficient (Wildman–Crippen LogP) is 4.54. The monoisotopic (exact) mass is 382 g/mol. The summed E-state index contributed by atoms with van der Waals surface area (Å²) in [5.41, 5.74) is 3.66. The molecule has 0 aliphatic carbocycles. The Balaban J connectivity index is 1.69. The number of carbonyl (C=O) groups is 1. The van der Waals surface area contributed by atoms with Crippen molar-refractivity contribution in [1.82, 2.24) is 10.3 Å². The number of thiophene rings is 1. The van der Waals surface area contributed by atoms with Crippen LogP contribution in [0.1, 0.15) is 29.8 Å². The molecule has 0 fully saturated rings. The predicted molar refractivity (Wildman–Crippen MR) is 108 cm³/mol. The summed E-state index contributed by atoms with van der Waals surface area (Å²) >= 11 is 1.65. The Hall–Kier alpha value is -2.86. The lowest BCUT2D eigenvalue weighted by Gasteiger charge is -2.12. The van der Waals surface area contributed by atoms with Crippen LogP contribution in [0.3, 0.4) is 0 Å². The topological polar surface area (TPSA) is 60.5 Å². The van der Waals surface area contributed by atoms with Gasteiger partial charge in [-0.15, -0.1) is 0 Å². The van der Waals surface area contributed by atoms with Crippen molar-refractivity contribution in [2.45, 2.75) is 20.4 Å². The van der Waals surface area contributed by atoms with Crippen LogP contribution < -0.4 is 14.8 Å². The van der Waals surface area contributed by atoms with E-state index >= 15 is 0 Å². The van der Waals surface area contributed by atoms with Gasteiger partial charge in [-0.05, 0) is 66.1 Å². The summed E-state index contributed by atoms with van der Waals surface area (Å²) in [5, 5.41) is 7.05. The molecule has 2 heterocycles. The molecule has 5 nitrogen and oxygen atoms in total. The summed E-state index contributed by atoms with van der Waals surface area (Å²) in [6.07, 6.45) is 3.59. The maximum absolute atomic E-state index is 12.5. The van der Waals surface area contributed by atoms with Gasteiger partial charge in [-0.2, -0.15) is 11.3 Å². The third-order valence-electron chi connectivity index (χ3n) is 3.91. The minimum absolute atomic E-state index is 0.167. The highest BCUT2D eigenvalue weighted by Crippen LogP contribution is 2.28. The second-order valence-corrected chi connectivity index (χ2v) is 6.58. The average Bonchev–Trinajstić information content (AvgIpc) is 3.23. The van der Waals surface area contributed by atoms with Crippen molar-refractivity contribution in [2.24, 2.45) is 0 Å². The van der Waals surface area contributed by atoms with Crippen LogP contribution in [-0.2, 0) is 6.54 Å². The molecule has 1 aromatic carbocycles. The van der Waals surface area contributed by atoms with E-state index in [4.69, 9.17) is 9.47 Å². The van der Waals surface area contributed by atoms with Gasteiger partial charge in [0.15, 0.2) is 11.5 Å². The first-order valence-corrected chi connectivity index (χ1v) is 9.80. The Bertz CT molecular complexity index is 894. The second-order valence-electron chi connectivity index (χ2n) is 5.80. The van der Waals surface area contributed by atoms with Crippen molar-refractivity contribution in [3.8, 4) is 22.6 Å². The number of hydrogen-bond donors (Lipinski definition) is 1. The van der Waals surface area contributed by atoms with Gasteiger partial charge in [-0.1, -0.05) is 0 Å². The van der Waals surface area contributed by atoms with Crippen LogP contribution in [0.2, 0.25) is 0 Å². The van der Waals surface area contributed by atoms with Crippen LogP contribution in [0.4, 0.5) is 0 Å². The van der Waals surface area contributed by atoms with Crippen molar-refractivity contribution < 1.29 is 14.3 Å². The summed E-state index contributed by atoms with van der Waals surface area (Å²) in [7, 11) is 0. The maximum Gasteiger partial charge on any atom is 0.251 e. The SMILES string of the molecule is CCOc1ccc(C(=O)NCc2cncc(-c3ccsc3)c2)cc1OCC. The standard InChI is InChI=1S/C21H22N2O3S/c1-3-25-19-6-5-16(10-20(19)26-4-2)21(24)23-12-15-9-18(13-22-11-15)17-7-8-27-14-17/h5-11,13-14H,3-4,12H2,1-2H3,(H,23,24). The summed E-state index contributed by atoms with van der Waals surface area (Å²) in [4.78, 5) is 16.8. The van der Waals surface area contributed by atoms with Crippen molar-refractivity contribution in [3.63, 3.8) is 0 Å². The molecule has 0 spiro atoms. The van der Waals surface area contributed by atoms with Gasteiger partial charge in [-0.3, -0.25) is 9.78 Å². The van der Waals surface area contributed by atoms with Gasteiger partial charge >= 0.3 is 0 Å². The smallest absolute Gasteiger partial charge is 0.251 e. The lowest BCUT2D eigenvalue weighted by molar-refractivity contribution is 0.0950. The molecule has 140 valence electrons. The fourth-order valence-corrected chi connectivity index (χ4v) is 3.31. The van der Waals surface area contributed by atoms with E-state index in [0.29, 0.717) is 36.8 Å². The zero-order valence-corrected chi connectivity index (χ0v) is 16.2. The van der Waals surface area contributed by atoms with E-state index in [1.807, 2.05) is 31.5 Å². The largest absolute Gasteiger partial charge is 0.490 e. The second kappa shape index (κ2) is 9.19. The quantitative estimate of drug-likeness (QED) is 0.621. The normalized spacial score (nSPS) is 10.4. The highest BCUT2D eigenvalue weighted by Gasteiger charge is 2.12. The first kappa shape index (κ1) is 18.9. The minimum Gasteiger partial charge on any atom is -0.490 e. The molecule has 6 heteroatoms. The molecule has 2 aromatic heterocycles. The van der Waals surface area contributed by atoms with Crippen LogP contribution in [0.5, 0.6) is 11.5 Å². The number of aromatic nitrogens is 1. The highest BCUT2D eigenvalue weighted by atomic mass is 32.1. The first-order chi connectivity index (χ1) is 13.2. The van der Waals surface area contributed by atoms with Crippen molar-refractivity contribution in [1.29, 1.82) is 0 Å². The number of amides is 1. The van der Waals surface area contributed by atoms with Gasteiger partial charge in [0.05, 0.1) is 13.2 Å². The number of benzene rings is 1. The van der Waals surface area contributed by atoms with Gasteiger partial charge in [0.2, 0.25) is 0 Å². The molecule has 0 bridgehead atoms. The fraction of sp³-hybridized carbons (Fsp3) is 0.238.